The third kappa shape index (κ3) is 2.93. The van der Waals surface area contributed by atoms with Crippen LogP contribution in [0.4, 0.5) is 5.82 Å². The highest BCUT2D eigenvalue weighted by Crippen LogP contribution is 2.22. The first-order valence-electron chi connectivity index (χ1n) is 8.11. The van der Waals surface area contributed by atoms with Gasteiger partial charge in [-0.1, -0.05) is 24.8 Å². The molecule has 0 amide bonds. The summed E-state index contributed by atoms with van der Waals surface area (Å²) in [5.41, 5.74) is 3.99. The Bertz CT molecular complexity index is 1080. The lowest BCUT2D eigenvalue weighted by molar-refractivity contribution is 0.755. The molecule has 1 aromatic carbocycles. The largest absolute Gasteiger partial charge is 0.365 e. The van der Waals surface area contributed by atoms with Gasteiger partial charge in [-0.2, -0.15) is 0 Å². The number of hydrogen-bond acceptors (Lipinski definition) is 3. The molecule has 0 aliphatic carbocycles. The van der Waals surface area contributed by atoms with Gasteiger partial charge < -0.3 is 9.88 Å². The van der Waals surface area contributed by atoms with Crippen LogP contribution in [-0.4, -0.2) is 25.5 Å². The first-order valence-corrected chi connectivity index (χ1v) is 8.90. The fraction of sp³-hybridized carbons (Fsp3) is 0.158. The molecule has 6 heteroatoms. The predicted octanol–water partition coefficient (Wildman–Crippen LogP) is 4.59. The number of halogens is 1. The number of fused-ring (bicyclic) bond motifs is 2. The second-order valence-corrected chi connectivity index (χ2v) is 6.84. The molecule has 4 aromatic rings. The van der Waals surface area contributed by atoms with Gasteiger partial charge in [-0.15, -0.1) is 0 Å². The van der Waals surface area contributed by atoms with Crippen LogP contribution in [0.5, 0.6) is 0 Å². The molecule has 0 radical (unpaired) electrons. The van der Waals surface area contributed by atoms with Crippen molar-refractivity contribution in [1.29, 1.82) is 0 Å². The molecule has 0 fully saturated rings. The fourth-order valence-electron chi connectivity index (χ4n) is 3.02. The molecule has 4 rings (SSSR count). The standard InChI is InChI=1S/C19H18BrN5/c1-13(2)16-11-22-19-18(23-17(20)12-25(16)19)21-8-10-24-9-7-14-5-3-4-6-15(14)24/h3-7,9,11-12H,1,8,10H2,2H3,(H,21,23). The Kier molecular flexibility index (Phi) is 4.05. The zero-order valence-corrected chi connectivity index (χ0v) is 15.5. The monoisotopic (exact) mass is 395 g/mol. The predicted molar refractivity (Wildman–Crippen MR) is 106 cm³/mol. The second-order valence-electron chi connectivity index (χ2n) is 6.02. The van der Waals surface area contributed by atoms with E-state index in [-0.39, 0.29) is 0 Å². The Hall–Kier alpha value is -2.60. The Labute approximate surface area is 154 Å². The number of anilines is 1. The summed E-state index contributed by atoms with van der Waals surface area (Å²) in [5, 5.41) is 4.66. The van der Waals surface area contributed by atoms with Crippen molar-refractivity contribution in [2.75, 3.05) is 11.9 Å². The van der Waals surface area contributed by atoms with Gasteiger partial charge in [0.1, 0.15) is 4.60 Å². The number of rotatable bonds is 5. The van der Waals surface area contributed by atoms with Crippen molar-refractivity contribution in [2.24, 2.45) is 0 Å². The van der Waals surface area contributed by atoms with Crippen LogP contribution in [0.2, 0.25) is 0 Å². The molecule has 0 saturated heterocycles. The summed E-state index contributed by atoms with van der Waals surface area (Å²) < 4.78 is 5.00. The van der Waals surface area contributed by atoms with Gasteiger partial charge in [0.05, 0.1) is 11.9 Å². The van der Waals surface area contributed by atoms with E-state index >= 15 is 0 Å². The van der Waals surface area contributed by atoms with Crippen molar-refractivity contribution in [1.82, 2.24) is 18.9 Å². The molecule has 0 unspecified atom stereocenters. The lowest BCUT2D eigenvalue weighted by atomic mass is 10.2. The first kappa shape index (κ1) is 15.9. The number of aromatic nitrogens is 4. The van der Waals surface area contributed by atoms with E-state index in [1.165, 1.54) is 10.9 Å². The van der Waals surface area contributed by atoms with E-state index in [9.17, 15) is 0 Å². The van der Waals surface area contributed by atoms with Crippen molar-refractivity contribution in [3.05, 3.63) is 65.8 Å². The third-order valence-corrected chi connectivity index (χ3v) is 4.61. The molecular formula is C19H18BrN5. The van der Waals surface area contributed by atoms with E-state index < -0.39 is 0 Å². The maximum atomic E-state index is 4.54. The van der Waals surface area contributed by atoms with Crippen molar-refractivity contribution in [3.8, 4) is 0 Å². The topological polar surface area (TPSA) is 47.2 Å². The van der Waals surface area contributed by atoms with Gasteiger partial charge in [-0.05, 0) is 45.9 Å². The van der Waals surface area contributed by atoms with E-state index in [1.54, 1.807) is 0 Å². The van der Waals surface area contributed by atoms with Crippen molar-refractivity contribution in [3.63, 3.8) is 0 Å². The summed E-state index contributed by atoms with van der Waals surface area (Å²) in [5.74, 6) is 0.762. The number of nitrogens with one attached hydrogen (secondary N) is 1. The van der Waals surface area contributed by atoms with Crippen molar-refractivity contribution >= 4 is 43.9 Å². The highest BCUT2D eigenvalue weighted by molar-refractivity contribution is 9.10. The molecule has 0 saturated carbocycles. The number of hydrogen-bond donors (Lipinski definition) is 1. The van der Waals surface area contributed by atoms with Crippen LogP contribution in [0.25, 0.3) is 22.1 Å². The zero-order chi connectivity index (χ0) is 17.4. The molecule has 0 bridgehead atoms. The highest BCUT2D eigenvalue weighted by atomic mass is 79.9. The lowest BCUT2D eigenvalue weighted by Crippen LogP contribution is -2.12. The minimum Gasteiger partial charge on any atom is -0.365 e. The molecule has 5 nitrogen and oxygen atoms in total. The average molecular weight is 396 g/mol. The van der Waals surface area contributed by atoms with Gasteiger partial charge >= 0.3 is 0 Å². The summed E-state index contributed by atoms with van der Waals surface area (Å²) in [6.07, 6.45) is 5.86. The van der Waals surface area contributed by atoms with E-state index in [1.807, 2.05) is 23.7 Å². The zero-order valence-electron chi connectivity index (χ0n) is 13.9. The summed E-state index contributed by atoms with van der Waals surface area (Å²) in [4.78, 5) is 9.03. The second kappa shape index (κ2) is 6.37. The van der Waals surface area contributed by atoms with E-state index in [4.69, 9.17) is 0 Å². The van der Waals surface area contributed by atoms with Crippen LogP contribution in [0, 0.1) is 0 Å². The van der Waals surface area contributed by atoms with E-state index in [0.717, 1.165) is 40.4 Å². The third-order valence-electron chi connectivity index (χ3n) is 4.23. The summed E-state index contributed by atoms with van der Waals surface area (Å²) >= 11 is 3.48. The smallest absolute Gasteiger partial charge is 0.180 e. The van der Waals surface area contributed by atoms with Crippen molar-refractivity contribution in [2.45, 2.75) is 13.5 Å². The number of imidazole rings is 1. The molecule has 1 N–H and O–H groups in total. The number of para-hydroxylation sites is 1. The van der Waals surface area contributed by atoms with Crippen LogP contribution in [0.15, 0.2) is 60.1 Å². The van der Waals surface area contributed by atoms with Crippen LogP contribution < -0.4 is 5.32 Å². The number of benzene rings is 1. The van der Waals surface area contributed by atoms with Gasteiger partial charge in [0.15, 0.2) is 11.5 Å². The molecule has 0 aliphatic heterocycles. The Morgan fingerprint density at radius 2 is 2.12 bits per heavy atom. The average Bonchev–Trinajstić information content (AvgIpc) is 3.19. The Morgan fingerprint density at radius 1 is 1.28 bits per heavy atom. The van der Waals surface area contributed by atoms with Gasteiger partial charge in [0.2, 0.25) is 0 Å². The normalized spacial score (nSPS) is 11.3. The number of allylic oxidation sites excluding steroid dienone is 1. The SMILES string of the molecule is C=C(C)c1cnc2c(NCCn3ccc4ccccc43)nc(Br)cn12. The van der Waals surface area contributed by atoms with E-state index in [2.05, 4.69) is 78.9 Å². The maximum Gasteiger partial charge on any atom is 0.180 e. The van der Waals surface area contributed by atoms with Gasteiger partial charge in [-0.25, -0.2) is 9.97 Å². The fourth-order valence-corrected chi connectivity index (χ4v) is 3.41. The molecule has 3 heterocycles. The minimum atomic E-state index is 0.757. The van der Waals surface area contributed by atoms with Gasteiger partial charge in [0.25, 0.3) is 0 Å². The Balaban J connectivity index is 1.58. The van der Waals surface area contributed by atoms with Gasteiger partial charge in [0, 0.05) is 31.0 Å². The Morgan fingerprint density at radius 3 is 2.96 bits per heavy atom. The minimum absolute atomic E-state index is 0.757. The summed E-state index contributed by atoms with van der Waals surface area (Å²) in [7, 11) is 0. The lowest BCUT2D eigenvalue weighted by Gasteiger charge is -2.10. The van der Waals surface area contributed by atoms with Crippen LogP contribution in [0.1, 0.15) is 12.6 Å². The quantitative estimate of drug-likeness (QED) is 0.537. The molecule has 0 aliphatic rings. The molecule has 25 heavy (non-hydrogen) atoms. The molecule has 3 aromatic heterocycles. The van der Waals surface area contributed by atoms with Crippen LogP contribution in [0.3, 0.4) is 0 Å². The maximum absolute atomic E-state index is 4.54. The van der Waals surface area contributed by atoms with Crippen LogP contribution >= 0.6 is 15.9 Å². The van der Waals surface area contributed by atoms with Crippen molar-refractivity contribution < 1.29 is 0 Å². The first-order chi connectivity index (χ1) is 12.1. The number of nitrogens with zero attached hydrogens (tertiary/aromatic N) is 4. The van der Waals surface area contributed by atoms with Crippen LogP contribution in [-0.2, 0) is 6.54 Å². The summed E-state index contributed by atoms with van der Waals surface area (Å²) in [6.45, 7) is 7.59. The summed E-state index contributed by atoms with van der Waals surface area (Å²) in [6, 6.07) is 10.5. The molecule has 0 atom stereocenters. The van der Waals surface area contributed by atoms with Gasteiger partial charge in [-0.3, -0.25) is 4.40 Å². The molecule has 0 spiro atoms. The molecule has 126 valence electrons. The molecular weight excluding hydrogens is 378 g/mol. The highest BCUT2D eigenvalue weighted by Gasteiger charge is 2.11. The van der Waals surface area contributed by atoms with E-state index in [0.29, 0.717) is 0 Å².